The normalized spacial score (nSPS) is 19.0. The molecule has 7 nitrogen and oxygen atoms in total. The van der Waals surface area contributed by atoms with Gasteiger partial charge in [-0.3, -0.25) is 5.10 Å². The Morgan fingerprint density at radius 3 is 2.78 bits per heavy atom. The summed E-state index contributed by atoms with van der Waals surface area (Å²) in [5, 5.41) is 19.3. The van der Waals surface area contributed by atoms with E-state index in [4.69, 9.17) is 9.84 Å². The fourth-order valence-corrected chi connectivity index (χ4v) is 3.14. The third-order valence-electron chi connectivity index (χ3n) is 4.22. The van der Waals surface area contributed by atoms with Crippen LogP contribution in [0.1, 0.15) is 33.1 Å². The SMILES string of the molecule is Cc1[nH]nc2c1C(c1ccc(C(=O)O)cc1)C1=C(COC1=O)N2. The van der Waals surface area contributed by atoms with E-state index in [-0.39, 0.29) is 24.1 Å². The van der Waals surface area contributed by atoms with Gasteiger partial charge in [0, 0.05) is 17.2 Å². The number of aromatic nitrogens is 2. The Morgan fingerprint density at radius 1 is 1.35 bits per heavy atom. The molecule has 0 fully saturated rings. The van der Waals surface area contributed by atoms with Crippen molar-refractivity contribution in [1.82, 2.24) is 10.2 Å². The fourth-order valence-electron chi connectivity index (χ4n) is 3.14. The predicted octanol–water partition coefficient (Wildman–Crippen LogP) is 1.78. The number of rotatable bonds is 2. The van der Waals surface area contributed by atoms with Crippen molar-refractivity contribution >= 4 is 17.8 Å². The number of carboxylic acid groups (broad SMARTS) is 1. The molecule has 1 aromatic heterocycles. The maximum atomic E-state index is 12.2. The van der Waals surface area contributed by atoms with Crippen molar-refractivity contribution in [1.29, 1.82) is 0 Å². The van der Waals surface area contributed by atoms with E-state index in [0.29, 0.717) is 17.1 Å². The second-order valence-corrected chi connectivity index (χ2v) is 5.56. The van der Waals surface area contributed by atoms with E-state index in [9.17, 15) is 9.59 Å². The smallest absolute Gasteiger partial charge is 0.337 e. The Hall–Kier alpha value is -3.09. The van der Waals surface area contributed by atoms with Crippen molar-refractivity contribution in [2.75, 3.05) is 11.9 Å². The Morgan fingerprint density at radius 2 is 2.09 bits per heavy atom. The topological polar surface area (TPSA) is 104 Å². The number of cyclic esters (lactones) is 1. The van der Waals surface area contributed by atoms with Crippen molar-refractivity contribution in [2.45, 2.75) is 12.8 Å². The van der Waals surface area contributed by atoms with Gasteiger partial charge >= 0.3 is 11.9 Å². The molecule has 0 spiro atoms. The average molecular weight is 311 g/mol. The number of benzene rings is 1. The summed E-state index contributed by atoms with van der Waals surface area (Å²) in [5.41, 5.74) is 4.03. The maximum absolute atomic E-state index is 12.2. The summed E-state index contributed by atoms with van der Waals surface area (Å²) in [4.78, 5) is 23.2. The molecular weight excluding hydrogens is 298 g/mol. The highest BCUT2D eigenvalue weighted by molar-refractivity contribution is 5.97. The van der Waals surface area contributed by atoms with Gasteiger partial charge in [-0.2, -0.15) is 5.10 Å². The molecule has 116 valence electrons. The molecule has 2 aliphatic rings. The molecule has 1 atom stereocenters. The van der Waals surface area contributed by atoms with Gasteiger partial charge < -0.3 is 15.2 Å². The lowest BCUT2D eigenvalue weighted by molar-refractivity contribution is -0.136. The number of aromatic carboxylic acids is 1. The van der Waals surface area contributed by atoms with Crippen LogP contribution in [0.25, 0.3) is 0 Å². The van der Waals surface area contributed by atoms with Gasteiger partial charge in [0.05, 0.1) is 16.8 Å². The van der Waals surface area contributed by atoms with Gasteiger partial charge in [-0.15, -0.1) is 0 Å². The Kier molecular flexibility index (Phi) is 2.77. The van der Waals surface area contributed by atoms with E-state index in [0.717, 1.165) is 16.8 Å². The summed E-state index contributed by atoms with van der Waals surface area (Å²) < 4.78 is 5.15. The molecule has 0 amide bonds. The van der Waals surface area contributed by atoms with Crippen LogP contribution in [0.15, 0.2) is 35.5 Å². The van der Waals surface area contributed by atoms with Gasteiger partial charge in [-0.25, -0.2) is 9.59 Å². The van der Waals surface area contributed by atoms with Gasteiger partial charge in [-0.1, -0.05) is 12.1 Å². The molecular formula is C16H13N3O4. The molecule has 1 aromatic carbocycles. The average Bonchev–Trinajstić information content (AvgIpc) is 3.10. The molecule has 7 heteroatoms. The Balaban J connectivity index is 1.88. The number of H-pyrrole nitrogens is 1. The van der Waals surface area contributed by atoms with Crippen LogP contribution in [-0.4, -0.2) is 33.8 Å². The van der Waals surface area contributed by atoms with Gasteiger partial charge in [0.25, 0.3) is 0 Å². The van der Waals surface area contributed by atoms with Gasteiger partial charge in [0.15, 0.2) is 5.82 Å². The summed E-state index contributed by atoms with van der Waals surface area (Å²) >= 11 is 0. The van der Waals surface area contributed by atoms with E-state index in [1.807, 2.05) is 6.92 Å². The second-order valence-electron chi connectivity index (χ2n) is 5.56. The number of hydrogen-bond donors (Lipinski definition) is 3. The van der Waals surface area contributed by atoms with Crippen LogP contribution in [0.3, 0.4) is 0 Å². The van der Waals surface area contributed by atoms with Gasteiger partial charge in [0.2, 0.25) is 0 Å². The number of ether oxygens (including phenoxy) is 1. The van der Waals surface area contributed by atoms with Crippen LogP contribution in [0.5, 0.6) is 0 Å². The number of carbonyl (C=O) groups excluding carboxylic acids is 1. The predicted molar refractivity (Wildman–Crippen MR) is 80.2 cm³/mol. The van der Waals surface area contributed by atoms with Crippen LogP contribution >= 0.6 is 0 Å². The highest BCUT2D eigenvalue weighted by atomic mass is 16.5. The number of hydrogen-bond acceptors (Lipinski definition) is 5. The first-order valence-corrected chi connectivity index (χ1v) is 7.11. The highest BCUT2D eigenvalue weighted by Gasteiger charge is 2.40. The highest BCUT2D eigenvalue weighted by Crippen LogP contribution is 2.44. The van der Waals surface area contributed by atoms with Crippen molar-refractivity contribution in [2.24, 2.45) is 0 Å². The van der Waals surface area contributed by atoms with E-state index in [1.165, 1.54) is 12.1 Å². The van der Waals surface area contributed by atoms with Crippen LogP contribution in [-0.2, 0) is 9.53 Å². The molecule has 0 aliphatic carbocycles. The molecule has 4 rings (SSSR count). The summed E-state index contributed by atoms with van der Waals surface area (Å²) in [6.45, 7) is 2.08. The number of aromatic amines is 1. The molecule has 0 saturated heterocycles. The standard InChI is InChI=1S/C16H13N3O4/c1-7-11-12(8-2-4-9(5-3-8)15(20)21)13-10(6-23-16(13)22)17-14(11)19-18-7/h2-5,12H,6H2,1H3,(H,20,21)(H2,17,18,19). The number of nitrogens with zero attached hydrogens (tertiary/aromatic N) is 1. The van der Waals surface area contributed by atoms with Crippen LogP contribution < -0.4 is 5.32 Å². The molecule has 0 bridgehead atoms. The third-order valence-corrected chi connectivity index (χ3v) is 4.22. The first-order valence-electron chi connectivity index (χ1n) is 7.11. The van der Waals surface area contributed by atoms with Crippen LogP contribution in [0.4, 0.5) is 5.82 Å². The minimum Gasteiger partial charge on any atom is -0.478 e. The van der Waals surface area contributed by atoms with Crippen molar-refractivity contribution in [3.63, 3.8) is 0 Å². The van der Waals surface area contributed by atoms with Crippen molar-refractivity contribution in [3.8, 4) is 0 Å². The van der Waals surface area contributed by atoms with E-state index in [2.05, 4.69) is 15.5 Å². The number of nitrogens with one attached hydrogen (secondary N) is 2. The molecule has 3 heterocycles. The third kappa shape index (κ3) is 1.93. The molecule has 23 heavy (non-hydrogen) atoms. The van der Waals surface area contributed by atoms with E-state index >= 15 is 0 Å². The monoisotopic (exact) mass is 311 g/mol. The summed E-state index contributed by atoms with van der Waals surface area (Å²) in [5.74, 6) is -0.988. The van der Waals surface area contributed by atoms with Gasteiger partial charge in [-0.05, 0) is 24.6 Å². The molecule has 1 unspecified atom stereocenters. The molecule has 3 N–H and O–H groups in total. The quantitative estimate of drug-likeness (QED) is 0.730. The summed E-state index contributed by atoms with van der Waals surface area (Å²) in [6, 6.07) is 6.53. The fraction of sp³-hybridized carbons (Fsp3) is 0.188. The maximum Gasteiger partial charge on any atom is 0.337 e. The summed E-state index contributed by atoms with van der Waals surface area (Å²) in [7, 11) is 0. The number of fused-ring (bicyclic) bond motifs is 1. The molecule has 0 saturated carbocycles. The zero-order valence-corrected chi connectivity index (χ0v) is 12.2. The number of carboxylic acids is 1. The molecule has 2 aliphatic heterocycles. The van der Waals surface area contributed by atoms with Crippen LogP contribution in [0.2, 0.25) is 0 Å². The number of anilines is 1. The lowest BCUT2D eigenvalue weighted by Crippen LogP contribution is -2.19. The lowest BCUT2D eigenvalue weighted by atomic mass is 9.82. The number of esters is 1. The first kappa shape index (κ1) is 13.6. The number of aryl methyl sites for hydroxylation is 1. The zero-order chi connectivity index (χ0) is 16.1. The summed E-state index contributed by atoms with van der Waals surface area (Å²) in [6.07, 6.45) is 0. The Bertz CT molecular complexity index is 864. The lowest BCUT2D eigenvalue weighted by Gasteiger charge is -2.24. The molecule has 0 radical (unpaired) electrons. The second kappa shape index (κ2) is 4.70. The largest absolute Gasteiger partial charge is 0.478 e. The zero-order valence-electron chi connectivity index (χ0n) is 12.2. The number of carbonyl (C=O) groups is 2. The first-order chi connectivity index (χ1) is 11.1. The minimum atomic E-state index is -0.984. The minimum absolute atomic E-state index is 0.198. The van der Waals surface area contributed by atoms with Crippen LogP contribution in [0, 0.1) is 6.92 Å². The van der Waals surface area contributed by atoms with Crippen molar-refractivity contribution < 1.29 is 19.4 Å². The Labute approximate surface area is 131 Å². The van der Waals surface area contributed by atoms with Crippen molar-refractivity contribution in [3.05, 3.63) is 57.9 Å². The molecule has 2 aromatic rings. The van der Waals surface area contributed by atoms with E-state index < -0.39 is 5.97 Å². The van der Waals surface area contributed by atoms with E-state index in [1.54, 1.807) is 12.1 Å². The van der Waals surface area contributed by atoms with Gasteiger partial charge in [0.1, 0.15) is 6.61 Å².